The normalized spacial score (nSPS) is 8.77. The van der Waals surface area contributed by atoms with Crippen LogP contribution < -0.4 is 10.6 Å². The van der Waals surface area contributed by atoms with Crippen molar-refractivity contribution in [1.29, 1.82) is 0 Å². The molecule has 0 atom stereocenters. The summed E-state index contributed by atoms with van der Waals surface area (Å²) in [6.45, 7) is 3.77. The quantitative estimate of drug-likeness (QED) is 0.426. The fourth-order valence-electron chi connectivity index (χ4n) is 0.670. The van der Waals surface area contributed by atoms with Gasteiger partial charge in [0.1, 0.15) is 0 Å². The van der Waals surface area contributed by atoms with Crippen LogP contribution in [0.25, 0.3) is 0 Å². The van der Waals surface area contributed by atoms with E-state index in [1.54, 1.807) is 14.0 Å². The Labute approximate surface area is 79.0 Å². The SMILES string of the molecule is CC#CCNC(=O)CNCCOC. The first kappa shape index (κ1) is 11.9. The highest BCUT2D eigenvalue weighted by Gasteiger charge is 1.96. The van der Waals surface area contributed by atoms with E-state index in [4.69, 9.17) is 4.74 Å². The Kier molecular flexibility index (Phi) is 8.31. The first-order chi connectivity index (χ1) is 6.31. The third-order valence-corrected chi connectivity index (χ3v) is 1.32. The van der Waals surface area contributed by atoms with Crippen molar-refractivity contribution < 1.29 is 9.53 Å². The molecule has 0 aliphatic heterocycles. The van der Waals surface area contributed by atoms with E-state index < -0.39 is 0 Å². The maximum absolute atomic E-state index is 11.0. The van der Waals surface area contributed by atoms with Crippen LogP contribution in [0.1, 0.15) is 6.92 Å². The smallest absolute Gasteiger partial charge is 0.234 e. The Balaban J connectivity index is 3.23. The Hall–Kier alpha value is -1.05. The summed E-state index contributed by atoms with van der Waals surface area (Å²) >= 11 is 0. The van der Waals surface area contributed by atoms with Gasteiger partial charge in [-0.05, 0) is 6.92 Å². The van der Waals surface area contributed by atoms with Crippen LogP contribution in [0.3, 0.4) is 0 Å². The first-order valence-corrected chi connectivity index (χ1v) is 4.17. The lowest BCUT2D eigenvalue weighted by Crippen LogP contribution is -2.35. The highest BCUT2D eigenvalue weighted by molar-refractivity contribution is 5.78. The number of ether oxygens (including phenoxy) is 1. The van der Waals surface area contributed by atoms with E-state index in [0.717, 1.165) is 0 Å². The van der Waals surface area contributed by atoms with Crippen LogP contribution in [0.15, 0.2) is 0 Å². The lowest BCUT2D eigenvalue weighted by Gasteiger charge is -2.03. The van der Waals surface area contributed by atoms with E-state index in [9.17, 15) is 4.79 Å². The van der Waals surface area contributed by atoms with Crippen LogP contribution in [0.4, 0.5) is 0 Å². The van der Waals surface area contributed by atoms with Crippen molar-refractivity contribution in [3.05, 3.63) is 0 Å². The van der Waals surface area contributed by atoms with Gasteiger partial charge in [-0.25, -0.2) is 0 Å². The van der Waals surface area contributed by atoms with Crippen molar-refractivity contribution in [3.63, 3.8) is 0 Å². The second-order valence-electron chi connectivity index (χ2n) is 2.37. The van der Waals surface area contributed by atoms with Gasteiger partial charge >= 0.3 is 0 Å². The largest absolute Gasteiger partial charge is 0.383 e. The molecular weight excluding hydrogens is 168 g/mol. The van der Waals surface area contributed by atoms with Gasteiger partial charge in [0, 0.05) is 13.7 Å². The average molecular weight is 184 g/mol. The van der Waals surface area contributed by atoms with Gasteiger partial charge < -0.3 is 15.4 Å². The second-order valence-corrected chi connectivity index (χ2v) is 2.37. The van der Waals surface area contributed by atoms with Crippen LogP contribution in [-0.2, 0) is 9.53 Å². The Morgan fingerprint density at radius 3 is 2.92 bits per heavy atom. The molecule has 0 aromatic carbocycles. The molecule has 2 N–H and O–H groups in total. The number of hydrogen-bond donors (Lipinski definition) is 2. The number of carbonyl (C=O) groups is 1. The highest BCUT2D eigenvalue weighted by Crippen LogP contribution is 1.66. The van der Waals surface area contributed by atoms with Crippen molar-refractivity contribution in [3.8, 4) is 11.8 Å². The van der Waals surface area contributed by atoms with Crippen LogP contribution in [0, 0.1) is 11.8 Å². The zero-order valence-corrected chi connectivity index (χ0v) is 8.14. The summed E-state index contributed by atoms with van der Waals surface area (Å²) in [7, 11) is 1.62. The Morgan fingerprint density at radius 2 is 2.31 bits per heavy atom. The second kappa shape index (κ2) is 9.04. The van der Waals surface area contributed by atoms with Crippen molar-refractivity contribution >= 4 is 5.91 Å². The van der Waals surface area contributed by atoms with Crippen molar-refractivity contribution in [2.24, 2.45) is 0 Å². The van der Waals surface area contributed by atoms with Gasteiger partial charge in [0.15, 0.2) is 0 Å². The zero-order chi connectivity index (χ0) is 9.94. The fourth-order valence-corrected chi connectivity index (χ4v) is 0.670. The van der Waals surface area contributed by atoms with E-state index in [1.807, 2.05) is 0 Å². The minimum absolute atomic E-state index is 0.0427. The van der Waals surface area contributed by atoms with Gasteiger partial charge in [0.25, 0.3) is 0 Å². The molecule has 0 unspecified atom stereocenters. The molecule has 0 aromatic heterocycles. The molecule has 0 aromatic rings. The Morgan fingerprint density at radius 1 is 1.54 bits per heavy atom. The molecule has 0 aliphatic carbocycles. The van der Waals surface area contributed by atoms with E-state index in [-0.39, 0.29) is 5.91 Å². The molecule has 0 radical (unpaired) electrons. The lowest BCUT2D eigenvalue weighted by molar-refractivity contribution is -0.120. The predicted octanol–water partition coefficient (Wildman–Crippen LogP) is -0.638. The molecular formula is C9H16N2O2. The van der Waals surface area contributed by atoms with Crippen LogP contribution >= 0.6 is 0 Å². The monoisotopic (exact) mass is 184 g/mol. The zero-order valence-electron chi connectivity index (χ0n) is 8.14. The molecule has 0 fully saturated rings. The predicted molar refractivity (Wildman–Crippen MR) is 51.2 cm³/mol. The standard InChI is InChI=1S/C9H16N2O2/c1-3-4-5-11-9(12)8-10-6-7-13-2/h10H,5-8H2,1-2H3,(H,11,12). The molecule has 0 saturated carbocycles. The molecule has 0 aliphatic rings. The Bertz CT molecular complexity index is 194. The minimum Gasteiger partial charge on any atom is -0.383 e. The summed E-state index contributed by atoms with van der Waals surface area (Å²) in [5.41, 5.74) is 0. The molecule has 4 nitrogen and oxygen atoms in total. The molecule has 0 saturated heterocycles. The van der Waals surface area contributed by atoms with Gasteiger partial charge in [-0.2, -0.15) is 0 Å². The van der Waals surface area contributed by atoms with Crippen molar-refractivity contribution in [1.82, 2.24) is 10.6 Å². The molecule has 74 valence electrons. The van der Waals surface area contributed by atoms with Gasteiger partial charge in [-0.3, -0.25) is 4.79 Å². The van der Waals surface area contributed by atoms with Crippen LogP contribution in [-0.4, -0.2) is 39.3 Å². The van der Waals surface area contributed by atoms with Crippen molar-refractivity contribution in [2.45, 2.75) is 6.92 Å². The third-order valence-electron chi connectivity index (χ3n) is 1.32. The summed E-state index contributed by atoms with van der Waals surface area (Å²) in [4.78, 5) is 11.0. The van der Waals surface area contributed by atoms with Gasteiger partial charge in [0.05, 0.1) is 19.7 Å². The topological polar surface area (TPSA) is 50.4 Å². The van der Waals surface area contributed by atoms with E-state index in [2.05, 4.69) is 22.5 Å². The molecule has 0 spiro atoms. The summed E-state index contributed by atoms with van der Waals surface area (Å²) < 4.78 is 4.81. The number of carbonyl (C=O) groups excluding carboxylic acids is 1. The molecule has 0 heterocycles. The fraction of sp³-hybridized carbons (Fsp3) is 0.667. The van der Waals surface area contributed by atoms with Gasteiger partial charge in [-0.1, -0.05) is 5.92 Å². The molecule has 13 heavy (non-hydrogen) atoms. The number of methoxy groups -OCH3 is 1. The maximum atomic E-state index is 11.0. The van der Waals surface area contributed by atoms with Gasteiger partial charge in [0.2, 0.25) is 5.91 Å². The van der Waals surface area contributed by atoms with Crippen LogP contribution in [0.5, 0.6) is 0 Å². The van der Waals surface area contributed by atoms with E-state index >= 15 is 0 Å². The summed E-state index contributed by atoms with van der Waals surface area (Å²) in [6, 6.07) is 0. The van der Waals surface area contributed by atoms with Crippen molar-refractivity contribution in [2.75, 3.05) is 33.4 Å². The van der Waals surface area contributed by atoms with E-state index in [1.165, 1.54) is 0 Å². The first-order valence-electron chi connectivity index (χ1n) is 4.17. The molecule has 1 amide bonds. The highest BCUT2D eigenvalue weighted by atomic mass is 16.5. The lowest BCUT2D eigenvalue weighted by atomic mass is 10.5. The maximum Gasteiger partial charge on any atom is 0.234 e. The summed E-state index contributed by atoms with van der Waals surface area (Å²) in [5, 5.41) is 5.57. The number of hydrogen-bond acceptors (Lipinski definition) is 3. The van der Waals surface area contributed by atoms with E-state index in [0.29, 0.717) is 26.2 Å². The molecule has 4 heteroatoms. The molecule has 0 rings (SSSR count). The number of amides is 1. The third kappa shape index (κ3) is 8.86. The summed E-state index contributed by atoms with van der Waals surface area (Å²) in [5.74, 6) is 5.40. The van der Waals surface area contributed by atoms with Gasteiger partial charge in [-0.15, -0.1) is 5.92 Å². The van der Waals surface area contributed by atoms with Crippen LogP contribution in [0.2, 0.25) is 0 Å². The minimum atomic E-state index is -0.0427. The molecule has 0 bridgehead atoms. The number of rotatable bonds is 6. The summed E-state index contributed by atoms with van der Waals surface area (Å²) in [6.07, 6.45) is 0. The average Bonchev–Trinajstić information content (AvgIpc) is 2.13. The number of nitrogens with one attached hydrogen (secondary N) is 2.